The van der Waals surface area contributed by atoms with Crippen LogP contribution < -0.4 is 10.6 Å². The van der Waals surface area contributed by atoms with Gasteiger partial charge < -0.3 is 15.7 Å². The lowest BCUT2D eigenvalue weighted by molar-refractivity contribution is -0.147. The van der Waals surface area contributed by atoms with Crippen LogP contribution in [-0.4, -0.2) is 35.0 Å². The molecule has 0 radical (unpaired) electrons. The van der Waals surface area contributed by atoms with E-state index >= 15 is 0 Å². The number of rotatable bonds is 9. The minimum absolute atomic E-state index is 0.0515. The molecule has 6 nitrogen and oxygen atoms in total. The predicted molar refractivity (Wildman–Crippen MR) is 74.1 cm³/mol. The topological polar surface area (TPSA) is 95.5 Å². The average molecular weight is 284 g/mol. The fourth-order valence-electron chi connectivity index (χ4n) is 2.19. The maximum Gasteiger partial charge on any atom is 0.329 e. The predicted octanol–water partition coefficient (Wildman–Crippen LogP) is 1.05. The molecule has 0 aliphatic heterocycles. The summed E-state index contributed by atoms with van der Waals surface area (Å²) in [6, 6.07) is 0. The molecule has 0 bridgehead atoms. The molecule has 0 aromatic heterocycles. The van der Waals surface area contributed by atoms with E-state index in [2.05, 4.69) is 10.6 Å². The maximum atomic E-state index is 11.8. The van der Waals surface area contributed by atoms with Gasteiger partial charge in [-0.1, -0.05) is 6.42 Å². The van der Waals surface area contributed by atoms with E-state index in [1.807, 2.05) is 0 Å². The molecule has 3 N–H and O–H groups in total. The Morgan fingerprint density at radius 1 is 1.20 bits per heavy atom. The van der Waals surface area contributed by atoms with Crippen molar-refractivity contribution in [2.24, 2.45) is 5.92 Å². The molecule has 6 heteroatoms. The van der Waals surface area contributed by atoms with Crippen molar-refractivity contribution in [1.29, 1.82) is 0 Å². The molecular weight excluding hydrogens is 260 g/mol. The molecule has 0 aromatic carbocycles. The monoisotopic (exact) mass is 284 g/mol. The highest BCUT2D eigenvalue weighted by Gasteiger charge is 2.48. The van der Waals surface area contributed by atoms with Crippen molar-refractivity contribution < 1.29 is 19.5 Å². The van der Waals surface area contributed by atoms with Gasteiger partial charge in [-0.2, -0.15) is 0 Å². The second kappa shape index (κ2) is 7.26. The Morgan fingerprint density at radius 3 is 2.35 bits per heavy atom. The highest BCUT2D eigenvalue weighted by molar-refractivity contribution is 5.87. The first-order chi connectivity index (χ1) is 9.36. The summed E-state index contributed by atoms with van der Waals surface area (Å²) in [5.74, 6) is -1.16. The quantitative estimate of drug-likeness (QED) is 0.551. The van der Waals surface area contributed by atoms with Gasteiger partial charge in [-0.3, -0.25) is 9.59 Å². The van der Waals surface area contributed by atoms with Crippen LogP contribution in [0, 0.1) is 5.92 Å². The Morgan fingerprint density at radius 2 is 1.85 bits per heavy atom. The molecule has 1 saturated carbocycles. The second-order valence-corrected chi connectivity index (χ2v) is 5.62. The van der Waals surface area contributed by atoms with Gasteiger partial charge in [0.05, 0.1) is 0 Å². The van der Waals surface area contributed by atoms with E-state index in [0.717, 1.165) is 25.7 Å². The van der Waals surface area contributed by atoms with Gasteiger partial charge in [0.15, 0.2) is 0 Å². The third-order valence-corrected chi connectivity index (χ3v) is 3.69. The molecule has 1 rings (SSSR count). The van der Waals surface area contributed by atoms with Crippen LogP contribution in [0.4, 0.5) is 0 Å². The summed E-state index contributed by atoms with van der Waals surface area (Å²) >= 11 is 0. The summed E-state index contributed by atoms with van der Waals surface area (Å²) in [5.41, 5.74) is -1.12. The lowest BCUT2D eigenvalue weighted by Crippen LogP contribution is -2.53. The third kappa shape index (κ3) is 5.19. The number of unbranched alkanes of at least 4 members (excludes halogenated alkanes) is 2. The Hall–Kier alpha value is -1.59. The van der Waals surface area contributed by atoms with Crippen molar-refractivity contribution in [3.63, 3.8) is 0 Å². The molecule has 1 atom stereocenters. The number of hydrogen-bond donors (Lipinski definition) is 3. The molecular formula is C14H24N2O4. The zero-order chi connectivity index (χ0) is 15.2. The number of carbonyl (C=O) groups excluding carboxylic acids is 2. The standard InChI is InChI=1S/C14H24N2O4/c1-10(17)15-9-5-3-4-6-12(18)16-14(2,13(19)20)11-7-8-11/h11H,3-9H2,1-2H3,(H,15,17)(H,16,18)(H,19,20). The zero-order valence-electron chi connectivity index (χ0n) is 12.2. The van der Waals surface area contributed by atoms with E-state index in [1.54, 1.807) is 6.92 Å². The van der Waals surface area contributed by atoms with Crippen molar-refractivity contribution >= 4 is 17.8 Å². The third-order valence-electron chi connectivity index (χ3n) is 3.69. The Labute approximate surface area is 119 Å². The van der Waals surface area contributed by atoms with E-state index in [-0.39, 0.29) is 17.7 Å². The number of carboxylic acids is 1. The van der Waals surface area contributed by atoms with Gasteiger partial charge in [-0.05, 0) is 38.5 Å². The van der Waals surface area contributed by atoms with Crippen LogP contribution in [-0.2, 0) is 14.4 Å². The van der Waals surface area contributed by atoms with Crippen molar-refractivity contribution in [1.82, 2.24) is 10.6 Å². The van der Waals surface area contributed by atoms with Crippen molar-refractivity contribution in [2.45, 2.75) is 57.9 Å². The average Bonchev–Trinajstić information content (AvgIpc) is 3.17. The lowest BCUT2D eigenvalue weighted by Gasteiger charge is -2.26. The molecule has 0 aromatic rings. The smallest absolute Gasteiger partial charge is 0.329 e. The summed E-state index contributed by atoms with van der Waals surface area (Å²) in [5, 5.41) is 14.6. The molecule has 1 fully saturated rings. The minimum atomic E-state index is -1.12. The van der Waals surface area contributed by atoms with Crippen LogP contribution in [0.1, 0.15) is 52.4 Å². The van der Waals surface area contributed by atoms with E-state index in [9.17, 15) is 19.5 Å². The van der Waals surface area contributed by atoms with E-state index in [4.69, 9.17) is 0 Å². The largest absolute Gasteiger partial charge is 0.480 e. The second-order valence-electron chi connectivity index (χ2n) is 5.62. The summed E-state index contributed by atoms with van der Waals surface area (Å²) in [6.07, 6.45) is 4.41. The van der Waals surface area contributed by atoms with Gasteiger partial charge in [0.25, 0.3) is 0 Å². The van der Waals surface area contributed by atoms with Crippen molar-refractivity contribution in [2.75, 3.05) is 6.54 Å². The molecule has 0 heterocycles. The number of carbonyl (C=O) groups is 3. The Bertz CT molecular complexity index is 379. The fraction of sp³-hybridized carbons (Fsp3) is 0.786. The summed E-state index contributed by atoms with van der Waals surface area (Å²) in [4.78, 5) is 33.7. The molecule has 0 spiro atoms. The zero-order valence-corrected chi connectivity index (χ0v) is 12.2. The van der Waals surface area contributed by atoms with Crippen LogP contribution in [0.15, 0.2) is 0 Å². The number of amides is 2. The molecule has 1 aliphatic rings. The highest BCUT2D eigenvalue weighted by Crippen LogP contribution is 2.39. The van der Waals surface area contributed by atoms with Crippen LogP contribution >= 0.6 is 0 Å². The van der Waals surface area contributed by atoms with E-state index in [0.29, 0.717) is 19.4 Å². The van der Waals surface area contributed by atoms with Crippen LogP contribution in [0.25, 0.3) is 0 Å². The number of aliphatic carboxylic acids is 1. The van der Waals surface area contributed by atoms with Gasteiger partial charge >= 0.3 is 5.97 Å². The Kier molecular flexibility index (Phi) is 5.98. The van der Waals surface area contributed by atoms with Gasteiger partial charge in [-0.25, -0.2) is 4.79 Å². The molecule has 1 aliphatic carbocycles. The SMILES string of the molecule is CC(=O)NCCCCCC(=O)NC(C)(C(=O)O)C1CC1. The molecule has 2 amide bonds. The van der Waals surface area contributed by atoms with Crippen LogP contribution in [0.2, 0.25) is 0 Å². The maximum absolute atomic E-state index is 11.8. The van der Waals surface area contributed by atoms with Crippen molar-refractivity contribution in [3.8, 4) is 0 Å². The first kappa shape index (κ1) is 16.5. The van der Waals surface area contributed by atoms with Crippen LogP contribution in [0.3, 0.4) is 0 Å². The molecule has 0 saturated heterocycles. The van der Waals surface area contributed by atoms with Gasteiger partial charge in [0.2, 0.25) is 11.8 Å². The van der Waals surface area contributed by atoms with Crippen LogP contribution in [0.5, 0.6) is 0 Å². The normalized spacial score (nSPS) is 17.1. The van der Waals surface area contributed by atoms with Gasteiger partial charge in [-0.15, -0.1) is 0 Å². The number of hydrogen-bond acceptors (Lipinski definition) is 3. The highest BCUT2D eigenvalue weighted by atomic mass is 16.4. The number of carboxylic acid groups (broad SMARTS) is 1. The van der Waals surface area contributed by atoms with Crippen molar-refractivity contribution in [3.05, 3.63) is 0 Å². The minimum Gasteiger partial charge on any atom is -0.480 e. The lowest BCUT2D eigenvalue weighted by atomic mass is 9.95. The first-order valence-electron chi connectivity index (χ1n) is 7.15. The molecule has 1 unspecified atom stereocenters. The number of nitrogens with one attached hydrogen (secondary N) is 2. The van der Waals surface area contributed by atoms with Gasteiger partial charge in [0, 0.05) is 19.9 Å². The summed E-state index contributed by atoms with van der Waals surface area (Å²) in [6.45, 7) is 3.67. The first-order valence-corrected chi connectivity index (χ1v) is 7.15. The molecule has 20 heavy (non-hydrogen) atoms. The molecule has 114 valence electrons. The van der Waals surface area contributed by atoms with Gasteiger partial charge in [0.1, 0.15) is 5.54 Å². The Balaban J connectivity index is 2.19. The summed E-state index contributed by atoms with van der Waals surface area (Å²) in [7, 11) is 0. The van der Waals surface area contributed by atoms with E-state index in [1.165, 1.54) is 6.92 Å². The summed E-state index contributed by atoms with van der Waals surface area (Å²) < 4.78 is 0. The van der Waals surface area contributed by atoms with E-state index < -0.39 is 11.5 Å². The fourth-order valence-corrected chi connectivity index (χ4v) is 2.19.